The number of carbonyl (C=O) groups excluding carboxylic acids is 2. The molecule has 0 heterocycles. The number of hydrogen-bond acceptors (Lipinski definition) is 5. The maximum atomic E-state index is 11.3. The fourth-order valence-electron chi connectivity index (χ4n) is 1.11. The molecule has 0 aromatic rings. The van der Waals surface area contributed by atoms with Crippen LogP contribution in [0.5, 0.6) is 0 Å². The van der Waals surface area contributed by atoms with Gasteiger partial charge in [-0.3, -0.25) is 14.5 Å². The highest BCUT2D eigenvalue weighted by molar-refractivity contribution is 5.72. The van der Waals surface area contributed by atoms with Crippen molar-refractivity contribution in [3.63, 3.8) is 0 Å². The van der Waals surface area contributed by atoms with E-state index in [9.17, 15) is 9.59 Å². The Kier molecular flexibility index (Phi) is 7.54. The van der Waals surface area contributed by atoms with Crippen LogP contribution < -0.4 is 0 Å². The standard InChI is InChI=1S/C11H21NO4/c1-5-15-10(13)6-7-12(4)8-11(14)16-9(2)3/h9H,5-8H2,1-4H3. The van der Waals surface area contributed by atoms with Crippen molar-refractivity contribution in [3.05, 3.63) is 0 Å². The lowest BCUT2D eigenvalue weighted by Gasteiger charge is -2.16. The second-order valence-corrected chi connectivity index (χ2v) is 3.83. The molecule has 16 heavy (non-hydrogen) atoms. The van der Waals surface area contributed by atoms with Crippen molar-refractivity contribution in [2.45, 2.75) is 33.3 Å². The quantitative estimate of drug-likeness (QED) is 0.607. The van der Waals surface area contributed by atoms with Gasteiger partial charge < -0.3 is 9.47 Å². The SMILES string of the molecule is CCOC(=O)CCN(C)CC(=O)OC(C)C. The molecular formula is C11H21NO4. The largest absolute Gasteiger partial charge is 0.466 e. The lowest BCUT2D eigenvalue weighted by atomic mass is 10.4. The summed E-state index contributed by atoms with van der Waals surface area (Å²) in [5.41, 5.74) is 0. The molecule has 0 bridgehead atoms. The normalized spacial score (nSPS) is 10.6. The first-order valence-corrected chi connectivity index (χ1v) is 5.49. The smallest absolute Gasteiger partial charge is 0.320 e. The molecule has 0 aliphatic rings. The molecule has 0 saturated carbocycles. The number of hydrogen-bond donors (Lipinski definition) is 0. The maximum absolute atomic E-state index is 11.3. The first kappa shape index (κ1) is 14.9. The van der Waals surface area contributed by atoms with E-state index in [1.165, 1.54) is 0 Å². The van der Waals surface area contributed by atoms with E-state index in [0.717, 1.165) is 0 Å². The Morgan fingerprint density at radius 1 is 1.25 bits per heavy atom. The van der Waals surface area contributed by atoms with Crippen LogP contribution in [0.4, 0.5) is 0 Å². The van der Waals surface area contributed by atoms with Gasteiger partial charge in [-0.05, 0) is 27.8 Å². The molecule has 0 aliphatic carbocycles. The summed E-state index contributed by atoms with van der Waals surface area (Å²) in [7, 11) is 1.76. The molecule has 0 amide bonds. The van der Waals surface area contributed by atoms with Gasteiger partial charge in [-0.2, -0.15) is 0 Å². The van der Waals surface area contributed by atoms with E-state index in [1.54, 1.807) is 32.7 Å². The van der Waals surface area contributed by atoms with E-state index in [4.69, 9.17) is 9.47 Å². The third-order valence-electron chi connectivity index (χ3n) is 1.77. The Bertz CT molecular complexity index is 228. The molecule has 0 radical (unpaired) electrons. The van der Waals surface area contributed by atoms with E-state index in [-0.39, 0.29) is 24.6 Å². The summed E-state index contributed by atoms with van der Waals surface area (Å²) in [4.78, 5) is 24.0. The van der Waals surface area contributed by atoms with Gasteiger partial charge in [-0.25, -0.2) is 0 Å². The zero-order chi connectivity index (χ0) is 12.6. The molecule has 0 rings (SSSR count). The van der Waals surface area contributed by atoms with Gasteiger partial charge in [0.2, 0.25) is 0 Å². The van der Waals surface area contributed by atoms with Crippen LogP contribution in [-0.2, 0) is 19.1 Å². The third-order valence-corrected chi connectivity index (χ3v) is 1.77. The highest BCUT2D eigenvalue weighted by Gasteiger charge is 2.11. The fourth-order valence-corrected chi connectivity index (χ4v) is 1.11. The fraction of sp³-hybridized carbons (Fsp3) is 0.818. The minimum Gasteiger partial charge on any atom is -0.466 e. The van der Waals surface area contributed by atoms with Crippen molar-refractivity contribution in [3.8, 4) is 0 Å². The second-order valence-electron chi connectivity index (χ2n) is 3.83. The summed E-state index contributed by atoms with van der Waals surface area (Å²) in [6, 6.07) is 0. The lowest BCUT2D eigenvalue weighted by Crippen LogP contribution is -2.30. The zero-order valence-electron chi connectivity index (χ0n) is 10.5. The van der Waals surface area contributed by atoms with Crippen molar-refractivity contribution in [2.75, 3.05) is 26.7 Å². The van der Waals surface area contributed by atoms with E-state index >= 15 is 0 Å². The Hall–Kier alpha value is -1.10. The molecular weight excluding hydrogens is 210 g/mol. The van der Waals surface area contributed by atoms with Crippen molar-refractivity contribution < 1.29 is 19.1 Å². The van der Waals surface area contributed by atoms with Crippen LogP contribution in [0.15, 0.2) is 0 Å². The molecule has 0 saturated heterocycles. The number of rotatable bonds is 7. The Balaban J connectivity index is 3.69. The van der Waals surface area contributed by atoms with Gasteiger partial charge in [-0.1, -0.05) is 0 Å². The van der Waals surface area contributed by atoms with Crippen molar-refractivity contribution in [1.29, 1.82) is 0 Å². The highest BCUT2D eigenvalue weighted by Crippen LogP contribution is 1.94. The Morgan fingerprint density at radius 2 is 1.88 bits per heavy atom. The number of ether oxygens (including phenoxy) is 2. The van der Waals surface area contributed by atoms with Crippen LogP contribution in [0.25, 0.3) is 0 Å². The van der Waals surface area contributed by atoms with Crippen molar-refractivity contribution in [1.82, 2.24) is 4.90 Å². The molecule has 0 fully saturated rings. The maximum Gasteiger partial charge on any atom is 0.320 e. The monoisotopic (exact) mass is 231 g/mol. The minimum atomic E-state index is -0.277. The second kappa shape index (κ2) is 8.10. The zero-order valence-corrected chi connectivity index (χ0v) is 10.5. The summed E-state index contributed by atoms with van der Waals surface area (Å²) < 4.78 is 9.76. The average molecular weight is 231 g/mol. The predicted octanol–water partition coefficient (Wildman–Crippen LogP) is 0.823. The molecule has 0 atom stereocenters. The summed E-state index contributed by atoms with van der Waals surface area (Å²) in [6.07, 6.45) is 0.185. The van der Waals surface area contributed by atoms with Crippen molar-refractivity contribution in [2.24, 2.45) is 0 Å². The molecule has 0 aromatic heterocycles. The first-order chi connectivity index (χ1) is 7.45. The van der Waals surface area contributed by atoms with Gasteiger partial charge >= 0.3 is 11.9 Å². The van der Waals surface area contributed by atoms with Crippen molar-refractivity contribution >= 4 is 11.9 Å². The first-order valence-electron chi connectivity index (χ1n) is 5.49. The molecule has 5 nitrogen and oxygen atoms in total. The summed E-state index contributed by atoms with van der Waals surface area (Å²) in [5, 5.41) is 0. The third kappa shape index (κ3) is 8.23. The summed E-state index contributed by atoms with van der Waals surface area (Å²) in [6.45, 7) is 6.44. The van der Waals surface area contributed by atoms with Gasteiger partial charge in [-0.15, -0.1) is 0 Å². The van der Waals surface area contributed by atoms with Gasteiger partial charge in [0.15, 0.2) is 0 Å². The van der Waals surface area contributed by atoms with E-state index in [1.807, 2.05) is 0 Å². The van der Waals surface area contributed by atoms with Crippen LogP contribution in [0.1, 0.15) is 27.2 Å². The van der Waals surface area contributed by atoms with Gasteiger partial charge in [0, 0.05) is 6.54 Å². The van der Waals surface area contributed by atoms with Crippen LogP contribution in [0.2, 0.25) is 0 Å². The molecule has 0 spiro atoms. The van der Waals surface area contributed by atoms with Crippen LogP contribution in [-0.4, -0.2) is 49.7 Å². The van der Waals surface area contributed by atoms with E-state index in [2.05, 4.69) is 0 Å². The van der Waals surface area contributed by atoms with E-state index in [0.29, 0.717) is 19.6 Å². The molecule has 0 aliphatic heterocycles. The van der Waals surface area contributed by atoms with Gasteiger partial charge in [0.05, 0.1) is 25.7 Å². The summed E-state index contributed by atoms with van der Waals surface area (Å²) >= 11 is 0. The Morgan fingerprint density at radius 3 is 2.38 bits per heavy atom. The summed E-state index contributed by atoms with van der Waals surface area (Å²) in [5.74, 6) is -0.520. The molecule has 94 valence electrons. The number of likely N-dealkylation sites (N-methyl/N-ethyl adjacent to an activating group) is 1. The van der Waals surface area contributed by atoms with Crippen LogP contribution in [0, 0.1) is 0 Å². The molecule has 0 N–H and O–H groups in total. The van der Waals surface area contributed by atoms with Gasteiger partial charge in [0.25, 0.3) is 0 Å². The van der Waals surface area contributed by atoms with Crippen LogP contribution in [0.3, 0.4) is 0 Å². The van der Waals surface area contributed by atoms with E-state index < -0.39 is 0 Å². The number of carbonyl (C=O) groups is 2. The predicted molar refractivity (Wildman–Crippen MR) is 60.0 cm³/mol. The molecule has 0 aromatic carbocycles. The lowest BCUT2D eigenvalue weighted by molar-refractivity contribution is -0.149. The Labute approximate surface area is 96.7 Å². The topological polar surface area (TPSA) is 55.8 Å². The number of esters is 2. The molecule has 0 unspecified atom stereocenters. The minimum absolute atomic E-state index is 0.106. The van der Waals surface area contributed by atoms with Gasteiger partial charge in [0.1, 0.15) is 0 Å². The molecule has 5 heteroatoms. The highest BCUT2D eigenvalue weighted by atomic mass is 16.5. The number of nitrogens with zero attached hydrogens (tertiary/aromatic N) is 1. The van der Waals surface area contributed by atoms with Crippen LogP contribution >= 0.6 is 0 Å². The average Bonchev–Trinajstić information content (AvgIpc) is 2.13.